The summed E-state index contributed by atoms with van der Waals surface area (Å²) in [4.78, 5) is -1.51. The van der Waals surface area contributed by atoms with Gasteiger partial charge in [-0.15, -0.1) is 10.2 Å². The van der Waals surface area contributed by atoms with Crippen molar-refractivity contribution in [1.29, 1.82) is 0 Å². The molecule has 196 valence electrons. The molecule has 2 heterocycles. The zero-order chi connectivity index (χ0) is 25.7. The molecule has 0 radical (unpaired) electrons. The molecule has 1 unspecified atom stereocenters. The van der Waals surface area contributed by atoms with Crippen molar-refractivity contribution in [2.45, 2.75) is 43.1 Å². The normalized spacial score (nSPS) is 17.9. The van der Waals surface area contributed by atoms with E-state index in [1.165, 1.54) is 20.5 Å². The monoisotopic (exact) mass is 550 g/mol. The van der Waals surface area contributed by atoms with E-state index in [1.54, 1.807) is 50.6 Å². The molecule has 1 aromatic heterocycles. The van der Waals surface area contributed by atoms with Gasteiger partial charge in [-0.25, -0.2) is 4.68 Å². The van der Waals surface area contributed by atoms with E-state index in [4.69, 9.17) is 27.6 Å². The maximum absolute atomic E-state index is 14.6. The topological polar surface area (TPSA) is 132 Å². The van der Waals surface area contributed by atoms with Crippen LogP contribution in [0.15, 0.2) is 29.7 Å². The van der Waals surface area contributed by atoms with E-state index in [-0.39, 0.29) is 26.4 Å². The number of ether oxygens (including phenoxy) is 2. The zero-order valence-corrected chi connectivity index (χ0v) is 23.2. The molecule has 0 bridgehead atoms. The average Bonchev–Trinajstić information content (AvgIpc) is 3.39. The Hall–Kier alpha value is -1.59. The lowest BCUT2D eigenvalue weighted by Crippen LogP contribution is -2.45. The maximum atomic E-state index is 14.6. The van der Waals surface area contributed by atoms with Gasteiger partial charge in [-0.3, -0.25) is 14.6 Å². The second-order valence-corrected chi connectivity index (χ2v) is 13.0. The summed E-state index contributed by atoms with van der Waals surface area (Å²) in [5.41, 5.74) is 3.73. The summed E-state index contributed by atoms with van der Waals surface area (Å²) in [6.07, 6.45) is 1.45. The molecule has 0 fully saturated rings. The highest BCUT2D eigenvalue weighted by Gasteiger charge is 2.66. The van der Waals surface area contributed by atoms with Crippen molar-refractivity contribution in [3.05, 3.63) is 30.1 Å². The third kappa shape index (κ3) is 5.27. The first-order chi connectivity index (χ1) is 16.8. The highest BCUT2D eigenvalue weighted by atomic mass is 32.2. The van der Waals surface area contributed by atoms with Crippen LogP contribution in [0.3, 0.4) is 0 Å². The van der Waals surface area contributed by atoms with Crippen molar-refractivity contribution in [3.63, 3.8) is 0 Å². The maximum Gasteiger partial charge on any atom is 0.349 e. The Kier molecular flexibility index (Phi) is 9.31. The van der Waals surface area contributed by atoms with Gasteiger partial charge in [0.15, 0.2) is 4.87 Å². The van der Waals surface area contributed by atoms with E-state index in [9.17, 15) is 9.13 Å². The van der Waals surface area contributed by atoms with Gasteiger partial charge in [-0.1, -0.05) is 0 Å². The fraction of sp³-hybridized carbons (Fsp3) is 0.600. The van der Waals surface area contributed by atoms with Crippen LogP contribution < -0.4 is 14.9 Å². The van der Waals surface area contributed by atoms with E-state index >= 15 is 0 Å². The molecule has 0 saturated heterocycles. The molecule has 35 heavy (non-hydrogen) atoms. The molecule has 1 aliphatic heterocycles. The molecule has 1 aliphatic rings. The number of nitrogens with one attached hydrogen (secondary N) is 1. The summed E-state index contributed by atoms with van der Waals surface area (Å²) in [7, 11) is -5.38. The van der Waals surface area contributed by atoms with Crippen LogP contribution in [0.2, 0.25) is 0 Å². The van der Waals surface area contributed by atoms with Gasteiger partial charge in [0, 0.05) is 5.56 Å². The predicted octanol–water partition coefficient (Wildman–Crippen LogP) is 4.66. The number of aromatic nitrogens is 3. The molecule has 12 nitrogen and oxygen atoms in total. The number of hydrogen-bond donors (Lipinski definition) is 1. The van der Waals surface area contributed by atoms with Crippen molar-refractivity contribution in [3.8, 4) is 11.5 Å². The van der Waals surface area contributed by atoms with Gasteiger partial charge >= 0.3 is 15.2 Å². The Morgan fingerprint density at radius 3 is 2.00 bits per heavy atom. The smallest absolute Gasteiger partial charge is 0.349 e. The Morgan fingerprint density at radius 1 is 0.971 bits per heavy atom. The quantitative estimate of drug-likeness (QED) is 0.328. The molecular formula is C20H32N4O8P2S. The first kappa shape index (κ1) is 28.0. The van der Waals surface area contributed by atoms with Crippen LogP contribution in [0, 0.1) is 0 Å². The van der Waals surface area contributed by atoms with Crippen molar-refractivity contribution >= 4 is 27.0 Å². The SMILES string of the molecule is CCOP(=O)(OCC)C(C1(c2cc(OC)ccc2OC)Nn2cnnc2S1)P(=O)(OCC)OCC. The van der Waals surface area contributed by atoms with Crippen LogP contribution in [0.5, 0.6) is 11.5 Å². The van der Waals surface area contributed by atoms with E-state index in [2.05, 4.69) is 15.6 Å². The fourth-order valence-corrected chi connectivity index (χ4v) is 11.7. The minimum absolute atomic E-state index is 0.0359. The number of fused-ring (bicyclic) bond motifs is 1. The molecular weight excluding hydrogens is 518 g/mol. The third-order valence-corrected chi connectivity index (χ3v) is 12.9. The first-order valence-electron chi connectivity index (χ1n) is 11.1. The van der Waals surface area contributed by atoms with Gasteiger partial charge in [-0.05, 0) is 57.7 Å². The molecule has 3 rings (SSSR count). The van der Waals surface area contributed by atoms with Crippen molar-refractivity contribution in [2.24, 2.45) is 0 Å². The van der Waals surface area contributed by atoms with Crippen LogP contribution in [0.25, 0.3) is 0 Å². The van der Waals surface area contributed by atoms with Gasteiger partial charge in [-0.2, -0.15) is 0 Å². The molecule has 0 saturated carbocycles. The number of nitrogens with zero attached hydrogens (tertiary/aromatic N) is 3. The number of rotatable bonds is 14. The summed E-state index contributed by atoms with van der Waals surface area (Å²) in [5.74, 6) is 0.905. The van der Waals surface area contributed by atoms with Crippen LogP contribution in [0.4, 0.5) is 0 Å². The molecule has 0 amide bonds. The fourth-order valence-electron chi connectivity index (χ4n) is 3.88. The molecule has 15 heteroatoms. The van der Waals surface area contributed by atoms with Crippen LogP contribution in [0.1, 0.15) is 33.3 Å². The summed E-state index contributed by atoms with van der Waals surface area (Å²) in [6.45, 7) is 6.86. The lowest BCUT2D eigenvalue weighted by atomic mass is 10.1. The van der Waals surface area contributed by atoms with Crippen LogP contribution >= 0.6 is 27.0 Å². The Morgan fingerprint density at radius 2 is 1.54 bits per heavy atom. The average molecular weight is 551 g/mol. The van der Waals surface area contributed by atoms with Gasteiger partial charge in [0.1, 0.15) is 17.8 Å². The van der Waals surface area contributed by atoms with Gasteiger partial charge < -0.3 is 27.6 Å². The van der Waals surface area contributed by atoms with E-state index < -0.39 is 25.5 Å². The van der Waals surface area contributed by atoms with E-state index in [1.807, 2.05) is 0 Å². The number of methoxy groups -OCH3 is 2. The number of benzene rings is 1. The minimum Gasteiger partial charge on any atom is -0.497 e. The second-order valence-electron chi connectivity index (χ2n) is 7.12. The molecule has 0 spiro atoms. The second kappa shape index (κ2) is 11.6. The van der Waals surface area contributed by atoms with Crippen LogP contribution in [-0.4, -0.2) is 60.9 Å². The first-order valence-corrected chi connectivity index (χ1v) is 15.2. The Bertz CT molecular complexity index is 1030. The van der Waals surface area contributed by atoms with Gasteiger partial charge in [0.25, 0.3) is 0 Å². The molecule has 1 atom stereocenters. The highest BCUT2D eigenvalue weighted by Crippen LogP contribution is 2.78. The van der Waals surface area contributed by atoms with E-state index in [0.717, 1.165) is 11.8 Å². The largest absolute Gasteiger partial charge is 0.497 e. The zero-order valence-electron chi connectivity index (χ0n) is 20.6. The van der Waals surface area contributed by atoms with Gasteiger partial charge in [0.05, 0.1) is 40.6 Å². The van der Waals surface area contributed by atoms with E-state index in [0.29, 0.717) is 22.2 Å². The molecule has 1 N–H and O–H groups in total. The van der Waals surface area contributed by atoms with Gasteiger partial charge in [0.2, 0.25) is 10.6 Å². The predicted molar refractivity (Wildman–Crippen MR) is 132 cm³/mol. The summed E-state index contributed by atoms with van der Waals surface area (Å²) in [5, 5.41) is 7.02. The van der Waals surface area contributed by atoms with Crippen molar-refractivity contribution in [1.82, 2.24) is 14.9 Å². The Balaban J connectivity index is 2.41. The third-order valence-electron chi connectivity index (χ3n) is 5.06. The molecule has 0 aliphatic carbocycles. The number of hydrogen-bond acceptors (Lipinski definition) is 12. The lowest BCUT2D eigenvalue weighted by molar-refractivity contribution is 0.189. The van der Waals surface area contributed by atoms with Crippen molar-refractivity contribution in [2.75, 3.05) is 46.1 Å². The molecule has 2 aromatic rings. The summed E-state index contributed by atoms with van der Waals surface area (Å²) >= 11 is 1.14. The lowest BCUT2D eigenvalue weighted by Gasteiger charge is -2.42. The summed E-state index contributed by atoms with van der Waals surface area (Å²) < 4.78 is 64.9. The summed E-state index contributed by atoms with van der Waals surface area (Å²) in [6, 6.07) is 5.13. The van der Waals surface area contributed by atoms with Crippen LogP contribution in [-0.2, 0) is 32.1 Å². The molecule has 1 aromatic carbocycles. The standard InChI is InChI=1S/C20H32N4O8P2S/c1-7-29-33(25,30-8-2)18(34(26,31-9-3)32-10-4)20(23-24-14-21-22-19(24)35-20)16-13-15(27-5)11-12-17(16)28-6/h11-14,18,23H,7-10H2,1-6H3. The number of thioether (sulfide) groups is 1. The Labute approximate surface area is 209 Å². The van der Waals surface area contributed by atoms with Crippen molar-refractivity contribution < 1.29 is 36.7 Å². The highest BCUT2D eigenvalue weighted by molar-refractivity contribution is 8.01. The minimum atomic E-state index is -4.20.